The molecule has 5 aromatic rings. The molecule has 10 nitrogen and oxygen atoms in total. The average molecular weight is 556 g/mol. The number of rotatable bonds is 5. The third-order valence-corrected chi connectivity index (χ3v) is 7.40. The van der Waals surface area contributed by atoms with Gasteiger partial charge in [-0.3, -0.25) is 10.1 Å². The number of aryl methyl sites for hydroxylation is 1. The quantitative estimate of drug-likeness (QED) is 0.187. The number of non-ortho nitro benzene ring substituents is 1. The molecule has 206 valence electrons. The van der Waals surface area contributed by atoms with E-state index in [4.69, 9.17) is 19.8 Å². The standard InChI is InChI=1S/C32H25N7O3/c1-20-28-29(21-11-10-14-23(19-21)39(40)41)37-26-17-8-6-15-24(26)33-30(34-25-16-7-9-18-27(25)42-2)32(37)35-31(28)38(36-20)22-12-4-3-5-13-22/h3-19,29H,1-2H3,(H,33,34). The van der Waals surface area contributed by atoms with Crippen LogP contribution < -0.4 is 15.0 Å². The van der Waals surface area contributed by atoms with E-state index in [1.54, 1.807) is 19.2 Å². The van der Waals surface area contributed by atoms with Crippen LogP contribution in [-0.4, -0.2) is 33.5 Å². The van der Waals surface area contributed by atoms with Crippen LogP contribution in [0.15, 0.2) is 113 Å². The number of aliphatic imine (C=N–C) groups is 2. The number of methoxy groups -OCH3 is 1. The zero-order chi connectivity index (χ0) is 28.8. The van der Waals surface area contributed by atoms with Gasteiger partial charge in [0.15, 0.2) is 17.5 Å². The van der Waals surface area contributed by atoms with Crippen LogP contribution in [0.1, 0.15) is 22.9 Å². The van der Waals surface area contributed by atoms with Crippen molar-refractivity contribution >= 4 is 40.2 Å². The van der Waals surface area contributed by atoms with Gasteiger partial charge >= 0.3 is 0 Å². The molecule has 1 atom stereocenters. The maximum Gasteiger partial charge on any atom is 0.269 e. The first-order valence-electron chi connectivity index (χ1n) is 13.4. The maximum absolute atomic E-state index is 11.8. The molecule has 1 N–H and O–H groups in total. The Bertz CT molecular complexity index is 1910. The molecule has 7 rings (SSSR count). The van der Waals surface area contributed by atoms with Gasteiger partial charge in [0.05, 0.1) is 46.5 Å². The number of hydrogen-bond acceptors (Lipinski definition) is 8. The van der Waals surface area contributed by atoms with Gasteiger partial charge in [-0.2, -0.15) is 5.10 Å². The lowest BCUT2D eigenvalue weighted by Gasteiger charge is -2.40. The van der Waals surface area contributed by atoms with Crippen molar-refractivity contribution < 1.29 is 9.66 Å². The van der Waals surface area contributed by atoms with Crippen molar-refractivity contribution in [3.63, 3.8) is 0 Å². The monoisotopic (exact) mass is 555 g/mol. The van der Waals surface area contributed by atoms with Crippen molar-refractivity contribution in [2.45, 2.75) is 13.0 Å². The van der Waals surface area contributed by atoms with Crippen LogP contribution in [0.2, 0.25) is 0 Å². The highest BCUT2D eigenvalue weighted by Crippen LogP contribution is 2.48. The summed E-state index contributed by atoms with van der Waals surface area (Å²) in [5, 5.41) is 20.2. The van der Waals surface area contributed by atoms with E-state index in [0.29, 0.717) is 23.2 Å². The van der Waals surface area contributed by atoms with Crippen LogP contribution in [0.4, 0.5) is 28.6 Å². The fourth-order valence-electron chi connectivity index (χ4n) is 5.55. The molecule has 0 saturated carbocycles. The van der Waals surface area contributed by atoms with Crippen molar-refractivity contribution in [2.75, 3.05) is 17.3 Å². The van der Waals surface area contributed by atoms with E-state index in [2.05, 4.69) is 10.2 Å². The van der Waals surface area contributed by atoms with Crippen molar-refractivity contribution in [3.05, 3.63) is 130 Å². The Kier molecular flexibility index (Phi) is 6.01. The normalized spacial score (nSPS) is 15.1. The number of para-hydroxylation sites is 5. The van der Waals surface area contributed by atoms with E-state index in [9.17, 15) is 10.1 Å². The van der Waals surface area contributed by atoms with Crippen LogP contribution in [0.3, 0.4) is 0 Å². The molecular formula is C32H25N7O3. The number of nitrogens with one attached hydrogen (secondary N) is 1. The Balaban J connectivity index is 1.51. The second-order valence-electron chi connectivity index (χ2n) is 9.90. The average Bonchev–Trinajstić information content (AvgIpc) is 3.36. The fourth-order valence-corrected chi connectivity index (χ4v) is 5.55. The third kappa shape index (κ3) is 4.08. The second-order valence-corrected chi connectivity index (χ2v) is 9.90. The molecule has 1 aromatic heterocycles. The molecular weight excluding hydrogens is 530 g/mol. The predicted octanol–water partition coefficient (Wildman–Crippen LogP) is 6.89. The molecule has 0 amide bonds. The van der Waals surface area contributed by atoms with Gasteiger partial charge in [-0.25, -0.2) is 14.7 Å². The van der Waals surface area contributed by atoms with Crippen LogP contribution >= 0.6 is 0 Å². The van der Waals surface area contributed by atoms with Crippen LogP contribution in [0.25, 0.3) is 5.69 Å². The lowest BCUT2D eigenvalue weighted by atomic mass is 9.93. The third-order valence-electron chi connectivity index (χ3n) is 7.40. The van der Waals surface area contributed by atoms with Gasteiger partial charge in [0, 0.05) is 17.7 Å². The first kappa shape index (κ1) is 25.2. The van der Waals surface area contributed by atoms with Crippen molar-refractivity contribution in [3.8, 4) is 11.4 Å². The van der Waals surface area contributed by atoms with Gasteiger partial charge in [-0.1, -0.05) is 54.6 Å². The van der Waals surface area contributed by atoms with Crippen molar-refractivity contribution in [1.82, 2.24) is 9.78 Å². The van der Waals surface area contributed by atoms with Gasteiger partial charge in [-0.05, 0) is 48.9 Å². The lowest BCUT2D eigenvalue weighted by Crippen LogP contribution is -2.46. The number of aromatic nitrogens is 2. The van der Waals surface area contributed by atoms with Gasteiger partial charge < -0.3 is 15.0 Å². The minimum atomic E-state index is -0.476. The zero-order valence-electron chi connectivity index (χ0n) is 22.8. The summed E-state index contributed by atoms with van der Waals surface area (Å²) in [4.78, 5) is 23.8. The highest BCUT2D eigenvalue weighted by molar-refractivity contribution is 6.51. The number of amidine groups is 2. The summed E-state index contributed by atoms with van der Waals surface area (Å²) < 4.78 is 7.43. The first-order chi connectivity index (χ1) is 20.5. The van der Waals surface area contributed by atoms with Crippen LogP contribution in [0.5, 0.6) is 5.75 Å². The number of benzene rings is 4. The topological polar surface area (TPSA) is 110 Å². The number of nitro benzene ring substituents is 1. The van der Waals surface area contributed by atoms with E-state index in [1.165, 1.54) is 6.07 Å². The number of nitrogens with zero attached hydrogens (tertiary/aromatic N) is 6. The molecule has 0 fully saturated rings. The molecule has 42 heavy (non-hydrogen) atoms. The zero-order valence-corrected chi connectivity index (χ0v) is 22.8. The summed E-state index contributed by atoms with van der Waals surface area (Å²) in [6.45, 7) is 1.95. The number of anilines is 2. The molecule has 3 heterocycles. The molecule has 0 bridgehead atoms. The maximum atomic E-state index is 11.8. The predicted molar refractivity (Wildman–Crippen MR) is 163 cm³/mol. The fraction of sp³-hybridized carbons (Fsp3) is 0.0938. The molecule has 2 aliphatic heterocycles. The van der Waals surface area contributed by atoms with Gasteiger partial charge in [0.2, 0.25) is 0 Å². The number of nitro groups is 1. The summed E-state index contributed by atoms with van der Waals surface area (Å²) in [5.74, 6) is 2.36. The molecule has 10 heteroatoms. The Morgan fingerprint density at radius 1 is 0.905 bits per heavy atom. The molecule has 0 radical (unpaired) electrons. The Morgan fingerprint density at radius 2 is 1.67 bits per heavy atom. The smallest absolute Gasteiger partial charge is 0.269 e. The summed E-state index contributed by atoms with van der Waals surface area (Å²) >= 11 is 0. The number of fused-ring (bicyclic) bond motifs is 4. The van der Waals surface area contributed by atoms with Crippen molar-refractivity contribution in [1.29, 1.82) is 0 Å². The molecule has 0 spiro atoms. The Labute approximate surface area is 241 Å². The van der Waals surface area contributed by atoms with Gasteiger partial charge in [-0.15, -0.1) is 0 Å². The van der Waals surface area contributed by atoms with E-state index in [-0.39, 0.29) is 10.6 Å². The molecule has 2 aliphatic rings. The van der Waals surface area contributed by atoms with Crippen molar-refractivity contribution in [2.24, 2.45) is 9.98 Å². The largest absolute Gasteiger partial charge is 0.495 e. The van der Waals surface area contributed by atoms with Gasteiger partial charge in [0.1, 0.15) is 5.75 Å². The Morgan fingerprint density at radius 3 is 2.48 bits per heavy atom. The highest BCUT2D eigenvalue weighted by atomic mass is 16.6. The molecule has 0 saturated heterocycles. The van der Waals surface area contributed by atoms with Gasteiger partial charge in [0.25, 0.3) is 5.69 Å². The lowest BCUT2D eigenvalue weighted by molar-refractivity contribution is -0.384. The number of hydrogen-bond donors (Lipinski definition) is 1. The van der Waals surface area contributed by atoms with E-state index in [1.807, 2.05) is 96.5 Å². The summed E-state index contributed by atoms with van der Waals surface area (Å²) in [6, 6.07) is 31.5. The van der Waals surface area contributed by atoms with E-state index < -0.39 is 6.04 Å². The summed E-state index contributed by atoms with van der Waals surface area (Å²) in [6.07, 6.45) is 0. The molecule has 0 aliphatic carbocycles. The minimum absolute atomic E-state index is 0.0116. The molecule has 1 unspecified atom stereocenters. The van der Waals surface area contributed by atoms with E-state index in [0.717, 1.165) is 39.6 Å². The SMILES string of the molecule is COc1ccccc1NC1=Nc2ccccc2N2C1=Nc1c(c(C)nn1-c1ccccc1)C2c1cccc([N+](=O)[O-])c1. The Hall–Kier alpha value is -5.77. The minimum Gasteiger partial charge on any atom is -0.495 e. The van der Waals surface area contributed by atoms with Crippen LogP contribution in [0, 0.1) is 17.0 Å². The van der Waals surface area contributed by atoms with E-state index >= 15 is 0 Å². The molecule has 4 aromatic carbocycles. The highest BCUT2D eigenvalue weighted by Gasteiger charge is 2.42. The number of ether oxygens (including phenoxy) is 1. The first-order valence-corrected chi connectivity index (χ1v) is 13.4. The summed E-state index contributed by atoms with van der Waals surface area (Å²) in [5.41, 5.74) is 5.52. The summed E-state index contributed by atoms with van der Waals surface area (Å²) in [7, 11) is 1.62. The second kappa shape index (κ2) is 10.0. The van der Waals surface area contributed by atoms with Crippen LogP contribution in [-0.2, 0) is 0 Å².